The topological polar surface area (TPSA) is 66.0 Å². The summed E-state index contributed by atoms with van der Waals surface area (Å²) >= 11 is 6.18. The smallest absolute Gasteiger partial charge is 0.139 e. The van der Waals surface area contributed by atoms with Gasteiger partial charge in [-0.25, -0.2) is 4.98 Å². The zero-order valence-corrected chi connectivity index (χ0v) is 12.3. The highest BCUT2D eigenvalue weighted by Crippen LogP contribution is 2.23. The van der Waals surface area contributed by atoms with Gasteiger partial charge in [0, 0.05) is 24.8 Å². The minimum absolute atomic E-state index is 0.0246. The second-order valence-corrected chi connectivity index (χ2v) is 5.09. The molecule has 1 aromatic carbocycles. The van der Waals surface area contributed by atoms with Crippen LogP contribution in [0.25, 0.3) is 0 Å². The monoisotopic (exact) mass is 288 g/mol. The van der Waals surface area contributed by atoms with Gasteiger partial charge in [-0.15, -0.1) is 0 Å². The first-order chi connectivity index (χ1) is 9.50. The van der Waals surface area contributed by atoms with E-state index in [1.165, 1.54) is 0 Å². The minimum atomic E-state index is 0.0246. The van der Waals surface area contributed by atoms with Crippen LogP contribution in [0.4, 0.5) is 5.82 Å². The lowest BCUT2D eigenvalue weighted by Crippen LogP contribution is -2.24. The van der Waals surface area contributed by atoms with E-state index in [2.05, 4.69) is 4.98 Å². The second kappa shape index (κ2) is 5.92. The van der Waals surface area contributed by atoms with Crippen molar-refractivity contribution < 1.29 is 0 Å². The fourth-order valence-electron chi connectivity index (χ4n) is 2.12. The van der Waals surface area contributed by atoms with Crippen molar-refractivity contribution in [2.45, 2.75) is 13.5 Å². The Morgan fingerprint density at radius 3 is 2.70 bits per heavy atom. The molecule has 0 amide bonds. The van der Waals surface area contributed by atoms with Gasteiger partial charge in [-0.3, -0.25) is 5.41 Å². The van der Waals surface area contributed by atoms with E-state index in [4.69, 9.17) is 22.7 Å². The zero-order valence-electron chi connectivity index (χ0n) is 11.5. The van der Waals surface area contributed by atoms with Gasteiger partial charge >= 0.3 is 0 Å². The zero-order chi connectivity index (χ0) is 14.7. The summed E-state index contributed by atoms with van der Waals surface area (Å²) in [5.74, 6) is 0.717. The highest BCUT2D eigenvalue weighted by molar-refractivity contribution is 6.31. The maximum atomic E-state index is 7.72. The molecule has 0 saturated heterocycles. The van der Waals surface area contributed by atoms with Crippen LogP contribution in [0.1, 0.15) is 16.7 Å². The molecule has 104 valence electrons. The molecule has 0 atom stereocenters. The fraction of sp³-hybridized carbons (Fsp3) is 0.200. The minimum Gasteiger partial charge on any atom is -0.384 e. The van der Waals surface area contributed by atoms with Gasteiger partial charge in [0.1, 0.15) is 11.7 Å². The van der Waals surface area contributed by atoms with Crippen LogP contribution in [0.5, 0.6) is 0 Å². The molecule has 2 aromatic rings. The summed E-state index contributed by atoms with van der Waals surface area (Å²) in [5.41, 5.74) is 8.28. The van der Waals surface area contributed by atoms with Crippen molar-refractivity contribution in [1.29, 1.82) is 5.41 Å². The van der Waals surface area contributed by atoms with Gasteiger partial charge in [0.15, 0.2) is 0 Å². The van der Waals surface area contributed by atoms with E-state index in [-0.39, 0.29) is 5.84 Å². The van der Waals surface area contributed by atoms with Crippen molar-refractivity contribution in [1.82, 2.24) is 4.98 Å². The molecule has 2 rings (SSSR count). The number of aryl methyl sites for hydroxylation is 1. The van der Waals surface area contributed by atoms with Crippen LogP contribution in [0, 0.1) is 12.3 Å². The highest BCUT2D eigenvalue weighted by atomic mass is 35.5. The number of benzene rings is 1. The van der Waals surface area contributed by atoms with E-state index < -0.39 is 0 Å². The van der Waals surface area contributed by atoms with Crippen LogP contribution in [-0.4, -0.2) is 17.9 Å². The van der Waals surface area contributed by atoms with E-state index in [1.54, 1.807) is 6.20 Å². The summed E-state index contributed by atoms with van der Waals surface area (Å²) in [5, 5.41) is 8.44. The Kier molecular flexibility index (Phi) is 4.25. The number of nitrogens with one attached hydrogen (secondary N) is 1. The van der Waals surface area contributed by atoms with Crippen LogP contribution in [0.15, 0.2) is 36.5 Å². The average molecular weight is 289 g/mol. The van der Waals surface area contributed by atoms with Crippen LogP contribution in [-0.2, 0) is 6.54 Å². The molecule has 0 spiro atoms. The Balaban J connectivity index is 2.35. The lowest BCUT2D eigenvalue weighted by Gasteiger charge is -2.22. The van der Waals surface area contributed by atoms with Gasteiger partial charge < -0.3 is 10.6 Å². The molecule has 0 aliphatic heterocycles. The number of pyridine rings is 1. The summed E-state index contributed by atoms with van der Waals surface area (Å²) in [6, 6.07) is 9.54. The number of hydrogen-bond acceptors (Lipinski definition) is 3. The lowest BCUT2D eigenvalue weighted by molar-refractivity contribution is 0.893. The predicted molar refractivity (Wildman–Crippen MR) is 83.5 cm³/mol. The van der Waals surface area contributed by atoms with Crippen molar-refractivity contribution in [3.05, 3.63) is 58.2 Å². The van der Waals surface area contributed by atoms with Gasteiger partial charge in [0.25, 0.3) is 0 Å². The maximum Gasteiger partial charge on any atom is 0.139 e. The first-order valence-electron chi connectivity index (χ1n) is 6.25. The van der Waals surface area contributed by atoms with Crippen molar-refractivity contribution in [2.75, 3.05) is 11.9 Å². The number of nitrogen functional groups attached to an aromatic ring is 1. The molecule has 0 aliphatic carbocycles. The molecule has 4 nitrogen and oxygen atoms in total. The summed E-state index contributed by atoms with van der Waals surface area (Å²) in [4.78, 5) is 6.30. The molecule has 1 aromatic heterocycles. The Hall–Kier alpha value is -2.07. The van der Waals surface area contributed by atoms with Crippen molar-refractivity contribution in [2.24, 2.45) is 5.73 Å². The summed E-state index contributed by atoms with van der Waals surface area (Å²) in [7, 11) is 1.91. The quantitative estimate of drug-likeness (QED) is 0.671. The Labute approximate surface area is 123 Å². The van der Waals surface area contributed by atoms with Gasteiger partial charge in [0.2, 0.25) is 0 Å². The first-order valence-corrected chi connectivity index (χ1v) is 6.63. The lowest BCUT2D eigenvalue weighted by atomic mass is 10.1. The number of amidine groups is 1. The number of nitrogens with zero attached hydrogens (tertiary/aromatic N) is 2. The molecule has 20 heavy (non-hydrogen) atoms. The standard InChI is InChI=1S/C15H17ClN4/c1-10-7-8-19-15(13(10)14(17)18)20(2)9-11-5-3-4-6-12(11)16/h3-8H,9H2,1-2H3,(H3,17,18). The second-order valence-electron chi connectivity index (χ2n) is 4.69. The molecule has 0 bridgehead atoms. The van der Waals surface area contributed by atoms with E-state index in [1.807, 2.05) is 49.2 Å². The molecule has 0 unspecified atom stereocenters. The summed E-state index contributed by atoms with van der Waals surface area (Å²) in [6.45, 7) is 2.53. The number of aromatic nitrogens is 1. The third kappa shape index (κ3) is 2.91. The Bertz CT molecular complexity index is 640. The molecule has 0 fully saturated rings. The molecule has 0 aliphatic rings. The van der Waals surface area contributed by atoms with E-state index in [0.29, 0.717) is 17.9 Å². The van der Waals surface area contributed by atoms with Crippen molar-refractivity contribution in [3.63, 3.8) is 0 Å². The average Bonchev–Trinajstić information content (AvgIpc) is 2.40. The molecule has 3 N–H and O–H groups in total. The van der Waals surface area contributed by atoms with Crippen LogP contribution in [0.2, 0.25) is 5.02 Å². The number of halogens is 1. The number of hydrogen-bond donors (Lipinski definition) is 2. The van der Waals surface area contributed by atoms with Crippen molar-refractivity contribution in [3.8, 4) is 0 Å². The van der Waals surface area contributed by atoms with Crippen LogP contribution in [0.3, 0.4) is 0 Å². The van der Waals surface area contributed by atoms with Crippen molar-refractivity contribution >= 4 is 23.3 Å². The third-order valence-corrected chi connectivity index (χ3v) is 3.50. The molecule has 1 heterocycles. The maximum absolute atomic E-state index is 7.72. The number of rotatable bonds is 4. The van der Waals surface area contributed by atoms with Gasteiger partial charge in [-0.05, 0) is 30.2 Å². The van der Waals surface area contributed by atoms with Crippen LogP contribution >= 0.6 is 11.6 Å². The first kappa shape index (κ1) is 14.3. The van der Waals surface area contributed by atoms with E-state index in [0.717, 1.165) is 16.1 Å². The third-order valence-electron chi connectivity index (χ3n) is 3.14. The van der Waals surface area contributed by atoms with Gasteiger partial charge in [0.05, 0.1) is 5.56 Å². The SMILES string of the molecule is Cc1ccnc(N(C)Cc2ccccc2Cl)c1C(=N)N. The molecule has 0 radical (unpaired) electrons. The molecular formula is C15H17ClN4. The normalized spacial score (nSPS) is 10.3. The Morgan fingerprint density at radius 2 is 2.05 bits per heavy atom. The molecule has 0 saturated carbocycles. The largest absolute Gasteiger partial charge is 0.384 e. The van der Waals surface area contributed by atoms with Gasteiger partial charge in [-0.1, -0.05) is 29.8 Å². The summed E-state index contributed by atoms with van der Waals surface area (Å²) in [6.07, 6.45) is 1.72. The predicted octanol–water partition coefficient (Wildman–Crippen LogP) is 2.96. The highest BCUT2D eigenvalue weighted by Gasteiger charge is 2.14. The van der Waals surface area contributed by atoms with Gasteiger partial charge in [-0.2, -0.15) is 0 Å². The number of nitrogens with two attached hydrogens (primary N) is 1. The van der Waals surface area contributed by atoms with E-state index in [9.17, 15) is 0 Å². The van der Waals surface area contributed by atoms with Crippen LogP contribution < -0.4 is 10.6 Å². The fourth-order valence-corrected chi connectivity index (χ4v) is 2.32. The Morgan fingerprint density at radius 1 is 1.35 bits per heavy atom. The molecular weight excluding hydrogens is 272 g/mol. The summed E-state index contributed by atoms with van der Waals surface area (Å²) < 4.78 is 0. The molecule has 5 heteroatoms. The van der Waals surface area contributed by atoms with E-state index >= 15 is 0 Å². The number of anilines is 1.